The molecule has 1 saturated heterocycles. The van der Waals surface area contributed by atoms with Gasteiger partial charge in [0.2, 0.25) is 11.8 Å². The summed E-state index contributed by atoms with van der Waals surface area (Å²) >= 11 is 0. The molecular formula is C21H30N2O5. The molecule has 1 heterocycles. The highest BCUT2D eigenvalue weighted by Gasteiger charge is 2.38. The summed E-state index contributed by atoms with van der Waals surface area (Å²) in [4.78, 5) is 26.4. The van der Waals surface area contributed by atoms with Crippen molar-refractivity contribution in [3.8, 4) is 5.75 Å². The zero-order valence-electron chi connectivity index (χ0n) is 16.4. The molecule has 1 aromatic carbocycles. The molecule has 2 aliphatic rings. The van der Waals surface area contributed by atoms with E-state index in [-0.39, 0.29) is 37.3 Å². The SMILES string of the molecule is COc1ccc(COCC(O)CNC(=O)C2CC(=O)N(C3CCCC3)C2)cc1. The quantitative estimate of drug-likeness (QED) is 0.667. The first-order chi connectivity index (χ1) is 13.6. The van der Waals surface area contributed by atoms with E-state index in [1.54, 1.807) is 7.11 Å². The van der Waals surface area contributed by atoms with Gasteiger partial charge in [-0.1, -0.05) is 25.0 Å². The van der Waals surface area contributed by atoms with Crippen LogP contribution < -0.4 is 10.1 Å². The minimum Gasteiger partial charge on any atom is -0.497 e. The zero-order valence-corrected chi connectivity index (χ0v) is 16.4. The van der Waals surface area contributed by atoms with Crippen LogP contribution >= 0.6 is 0 Å². The number of methoxy groups -OCH3 is 1. The minimum atomic E-state index is -0.787. The minimum absolute atomic E-state index is 0.0791. The number of hydrogen-bond donors (Lipinski definition) is 2. The number of nitrogens with one attached hydrogen (secondary N) is 1. The number of ether oxygens (including phenoxy) is 2. The number of nitrogens with zero attached hydrogens (tertiary/aromatic N) is 1. The highest BCUT2D eigenvalue weighted by molar-refractivity contribution is 5.89. The Morgan fingerprint density at radius 1 is 1.29 bits per heavy atom. The summed E-state index contributed by atoms with van der Waals surface area (Å²) in [6, 6.07) is 7.82. The molecule has 0 aromatic heterocycles. The van der Waals surface area contributed by atoms with Crippen LogP contribution in [0.2, 0.25) is 0 Å². The second-order valence-corrected chi connectivity index (χ2v) is 7.65. The topological polar surface area (TPSA) is 88.1 Å². The molecule has 2 fully saturated rings. The Morgan fingerprint density at radius 2 is 2.00 bits per heavy atom. The fraction of sp³-hybridized carbons (Fsp3) is 0.619. The van der Waals surface area contributed by atoms with Crippen molar-refractivity contribution >= 4 is 11.8 Å². The summed E-state index contributed by atoms with van der Waals surface area (Å²) in [6.45, 7) is 1.13. The van der Waals surface area contributed by atoms with Crippen molar-refractivity contribution in [2.75, 3.05) is 26.8 Å². The molecule has 2 atom stereocenters. The van der Waals surface area contributed by atoms with Gasteiger partial charge in [-0.25, -0.2) is 0 Å². The molecule has 28 heavy (non-hydrogen) atoms. The summed E-state index contributed by atoms with van der Waals surface area (Å²) in [5.41, 5.74) is 0.980. The second-order valence-electron chi connectivity index (χ2n) is 7.65. The smallest absolute Gasteiger partial charge is 0.225 e. The third kappa shape index (κ3) is 5.45. The Kier molecular flexibility index (Phi) is 7.28. The van der Waals surface area contributed by atoms with E-state index >= 15 is 0 Å². The number of likely N-dealkylation sites (tertiary alicyclic amines) is 1. The predicted octanol–water partition coefficient (Wildman–Crippen LogP) is 1.48. The van der Waals surface area contributed by atoms with E-state index in [4.69, 9.17) is 9.47 Å². The van der Waals surface area contributed by atoms with Crippen LogP contribution in [0.4, 0.5) is 0 Å². The first-order valence-electron chi connectivity index (χ1n) is 10.0. The van der Waals surface area contributed by atoms with Crippen LogP contribution in [0, 0.1) is 5.92 Å². The Balaban J connectivity index is 1.34. The summed E-state index contributed by atoms with van der Waals surface area (Å²) < 4.78 is 10.6. The van der Waals surface area contributed by atoms with E-state index in [1.165, 1.54) is 0 Å². The van der Waals surface area contributed by atoms with Crippen molar-refractivity contribution in [3.05, 3.63) is 29.8 Å². The lowest BCUT2D eigenvalue weighted by molar-refractivity contribution is -0.130. The van der Waals surface area contributed by atoms with Crippen LogP contribution in [-0.2, 0) is 20.9 Å². The van der Waals surface area contributed by atoms with E-state index in [0.29, 0.717) is 19.2 Å². The maximum absolute atomic E-state index is 12.4. The number of carbonyl (C=O) groups excluding carboxylic acids is 2. The Hall–Kier alpha value is -2.12. The fourth-order valence-corrected chi connectivity index (χ4v) is 3.93. The normalized spacial score (nSPS) is 21.1. The average Bonchev–Trinajstić information content (AvgIpc) is 3.36. The van der Waals surface area contributed by atoms with Crippen LogP contribution in [0.15, 0.2) is 24.3 Å². The number of benzene rings is 1. The van der Waals surface area contributed by atoms with Gasteiger partial charge in [0.15, 0.2) is 0 Å². The van der Waals surface area contributed by atoms with Gasteiger partial charge in [-0.15, -0.1) is 0 Å². The van der Waals surface area contributed by atoms with Crippen LogP contribution in [0.3, 0.4) is 0 Å². The van der Waals surface area contributed by atoms with Crippen molar-refractivity contribution in [1.29, 1.82) is 0 Å². The predicted molar refractivity (Wildman–Crippen MR) is 104 cm³/mol. The average molecular weight is 390 g/mol. The molecule has 2 unspecified atom stereocenters. The molecule has 1 aromatic rings. The van der Waals surface area contributed by atoms with Crippen LogP contribution in [0.25, 0.3) is 0 Å². The third-order valence-corrected chi connectivity index (χ3v) is 5.54. The van der Waals surface area contributed by atoms with Crippen LogP contribution in [0.5, 0.6) is 5.75 Å². The van der Waals surface area contributed by atoms with Crippen molar-refractivity contribution in [3.63, 3.8) is 0 Å². The van der Waals surface area contributed by atoms with E-state index in [9.17, 15) is 14.7 Å². The number of hydrogen-bond acceptors (Lipinski definition) is 5. The molecule has 154 valence electrons. The first kappa shape index (κ1) is 20.6. The van der Waals surface area contributed by atoms with Crippen molar-refractivity contribution < 1.29 is 24.2 Å². The summed E-state index contributed by atoms with van der Waals surface area (Å²) in [5, 5.41) is 12.8. The van der Waals surface area contributed by atoms with E-state index in [0.717, 1.165) is 37.0 Å². The van der Waals surface area contributed by atoms with Gasteiger partial charge in [0.1, 0.15) is 5.75 Å². The van der Waals surface area contributed by atoms with Crippen molar-refractivity contribution in [2.45, 2.75) is 50.9 Å². The molecule has 0 spiro atoms. The monoisotopic (exact) mass is 390 g/mol. The molecule has 1 saturated carbocycles. The number of rotatable bonds is 9. The Labute approximate surface area is 166 Å². The summed E-state index contributed by atoms with van der Waals surface area (Å²) in [5.74, 6) is 0.377. The number of amides is 2. The molecular weight excluding hydrogens is 360 g/mol. The number of aliphatic hydroxyl groups excluding tert-OH is 1. The lowest BCUT2D eigenvalue weighted by atomic mass is 10.1. The van der Waals surface area contributed by atoms with Gasteiger partial charge in [-0.2, -0.15) is 0 Å². The van der Waals surface area contributed by atoms with Crippen molar-refractivity contribution in [1.82, 2.24) is 10.2 Å². The maximum Gasteiger partial charge on any atom is 0.225 e. The van der Waals surface area contributed by atoms with Crippen LogP contribution in [0.1, 0.15) is 37.7 Å². The molecule has 1 aliphatic heterocycles. The molecule has 3 rings (SSSR count). The van der Waals surface area contributed by atoms with E-state index in [2.05, 4.69) is 5.32 Å². The summed E-state index contributed by atoms with van der Waals surface area (Å²) in [6.07, 6.45) is 3.90. The van der Waals surface area contributed by atoms with Gasteiger partial charge in [0.05, 0.1) is 32.3 Å². The fourth-order valence-electron chi connectivity index (χ4n) is 3.93. The lowest BCUT2D eigenvalue weighted by Crippen LogP contribution is -2.40. The third-order valence-electron chi connectivity index (χ3n) is 5.54. The van der Waals surface area contributed by atoms with Gasteiger partial charge < -0.3 is 24.8 Å². The largest absolute Gasteiger partial charge is 0.497 e. The Bertz CT molecular complexity index is 657. The van der Waals surface area contributed by atoms with Gasteiger partial charge in [0, 0.05) is 25.6 Å². The molecule has 2 amide bonds. The summed E-state index contributed by atoms with van der Waals surface area (Å²) in [7, 11) is 1.61. The Morgan fingerprint density at radius 3 is 2.68 bits per heavy atom. The van der Waals surface area contributed by atoms with Gasteiger partial charge in [-0.05, 0) is 30.5 Å². The second kappa shape index (κ2) is 9.89. The molecule has 7 nitrogen and oxygen atoms in total. The molecule has 2 N–H and O–H groups in total. The van der Waals surface area contributed by atoms with Gasteiger partial charge >= 0.3 is 0 Å². The van der Waals surface area contributed by atoms with E-state index in [1.807, 2.05) is 29.2 Å². The van der Waals surface area contributed by atoms with E-state index < -0.39 is 6.10 Å². The van der Waals surface area contributed by atoms with Gasteiger partial charge in [-0.3, -0.25) is 9.59 Å². The molecule has 0 bridgehead atoms. The maximum atomic E-state index is 12.4. The van der Waals surface area contributed by atoms with Crippen molar-refractivity contribution in [2.24, 2.45) is 5.92 Å². The standard InChI is InChI=1S/C21H30N2O5/c1-27-19-8-6-15(7-9-19)13-28-14-18(24)11-22-21(26)16-10-20(25)23(12-16)17-4-2-3-5-17/h6-9,16-18,24H,2-5,10-14H2,1H3,(H,22,26). The first-order valence-corrected chi connectivity index (χ1v) is 10.0. The number of carbonyl (C=O) groups is 2. The molecule has 7 heteroatoms. The highest BCUT2D eigenvalue weighted by atomic mass is 16.5. The van der Waals surface area contributed by atoms with Gasteiger partial charge in [0.25, 0.3) is 0 Å². The zero-order chi connectivity index (χ0) is 19.9. The lowest BCUT2D eigenvalue weighted by Gasteiger charge is -2.24. The number of aliphatic hydroxyl groups is 1. The van der Waals surface area contributed by atoms with Crippen LogP contribution in [-0.4, -0.2) is 60.8 Å². The molecule has 1 aliphatic carbocycles. The highest BCUT2D eigenvalue weighted by Crippen LogP contribution is 2.29. The molecule has 0 radical (unpaired) electrons.